The zero-order chi connectivity index (χ0) is 15.4. The van der Waals surface area contributed by atoms with Crippen LogP contribution in [0.1, 0.15) is 19.3 Å². The van der Waals surface area contributed by atoms with E-state index in [-0.39, 0.29) is 18.3 Å². The molecule has 1 saturated heterocycles. The number of carbonyl (C=O) groups is 1. The molecule has 1 unspecified atom stereocenters. The number of halogens is 1. The van der Waals surface area contributed by atoms with Gasteiger partial charge in [0.2, 0.25) is 5.91 Å². The van der Waals surface area contributed by atoms with Crippen molar-refractivity contribution >= 4 is 35.8 Å². The third-order valence-corrected chi connectivity index (χ3v) is 5.61. The number of hydrogen-bond donors (Lipinski definition) is 1. The third-order valence-electron chi connectivity index (χ3n) is 4.57. The Kier molecular flexibility index (Phi) is 7.21. The fraction of sp³-hybridized carbons (Fsp3) is 0.588. The van der Waals surface area contributed by atoms with E-state index in [9.17, 15) is 4.79 Å². The molecule has 2 aliphatic rings. The van der Waals surface area contributed by atoms with E-state index in [1.807, 2.05) is 28.8 Å². The van der Waals surface area contributed by atoms with Crippen molar-refractivity contribution in [3.05, 3.63) is 24.3 Å². The molecule has 0 aromatic heterocycles. The van der Waals surface area contributed by atoms with Gasteiger partial charge < -0.3 is 10.6 Å². The average Bonchev–Trinajstić information content (AvgIpc) is 2.55. The van der Waals surface area contributed by atoms with E-state index in [4.69, 9.17) is 5.73 Å². The van der Waals surface area contributed by atoms with E-state index in [1.54, 1.807) is 0 Å². The lowest BCUT2D eigenvalue weighted by molar-refractivity contribution is -0.120. The lowest BCUT2D eigenvalue weighted by Crippen LogP contribution is -2.46. The van der Waals surface area contributed by atoms with E-state index >= 15 is 0 Å². The molecule has 6 heteroatoms. The maximum absolute atomic E-state index is 12.7. The van der Waals surface area contributed by atoms with Gasteiger partial charge in [0.1, 0.15) is 0 Å². The number of rotatable bonds is 4. The summed E-state index contributed by atoms with van der Waals surface area (Å²) in [5.74, 6) is 1.88. The Labute approximate surface area is 149 Å². The Morgan fingerprint density at radius 3 is 2.96 bits per heavy atom. The van der Waals surface area contributed by atoms with E-state index in [0.29, 0.717) is 12.5 Å². The van der Waals surface area contributed by atoms with Crippen LogP contribution in [-0.2, 0) is 4.79 Å². The molecule has 2 heterocycles. The molecular formula is C17H26ClN3OS. The third kappa shape index (κ3) is 4.63. The Bertz CT molecular complexity index is 526. The van der Waals surface area contributed by atoms with Crippen LogP contribution in [-0.4, -0.2) is 49.3 Å². The molecule has 2 aliphatic heterocycles. The first-order valence-corrected chi connectivity index (χ1v) is 9.21. The van der Waals surface area contributed by atoms with Crippen molar-refractivity contribution in [2.24, 2.45) is 11.7 Å². The monoisotopic (exact) mass is 355 g/mol. The van der Waals surface area contributed by atoms with Gasteiger partial charge in [0, 0.05) is 23.7 Å². The second kappa shape index (κ2) is 8.92. The molecule has 0 spiro atoms. The van der Waals surface area contributed by atoms with Crippen LogP contribution in [0.3, 0.4) is 0 Å². The average molecular weight is 356 g/mol. The number of amides is 1. The largest absolute Gasteiger partial charge is 0.330 e. The minimum Gasteiger partial charge on any atom is -0.330 e. The van der Waals surface area contributed by atoms with Crippen LogP contribution in [0.5, 0.6) is 0 Å². The Morgan fingerprint density at radius 2 is 2.13 bits per heavy atom. The number of anilines is 1. The number of carbonyl (C=O) groups excluding carboxylic acids is 1. The summed E-state index contributed by atoms with van der Waals surface area (Å²) in [7, 11) is 0. The van der Waals surface area contributed by atoms with Gasteiger partial charge in [-0.25, -0.2) is 0 Å². The molecule has 0 bridgehead atoms. The molecule has 1 aromatic carbocycles. The summed E-state index contributed by atoms with van der Waals surface area (Å²) in [5, 5.41) is 0. The zero-order valence-corrected chi connectivity index (χ0v) is 15.1. The van der Waals surface area contributed by atoms with Crippen molar-refractivity contribution in [1.29, 1.82) is 0 Å². The number of fused-ring (bicyclic) bond motifs is 1. The van der Waals surface area contributed by atoms with Gasteiger partial charge >= 0.3 is 0 Å². The Hall–Kier alpha value is -0.750. The number of hydrogen-bond acceptors (Lipinski definition) is 4. The standard InChI is InChI=1S/C17H25N3OS.ClH/c18-8-7-14-4-3-9-19(12-14)13-17(21)20-10-11-22-16-6-2-1-5-15(16)20;/h1-2,5-6,14H,3-4,7-13,18H2;1H. The highest BCUT2D eigenvalue weighted by Gasteiger charge is 2.26. The fourth-order valence-electron chi connectivity index (χ4n) is 3.47. The maximum Gasteiger partial charge on any atom is 0.241 e. The zero-order valence-electron chi connectivity index (χ0n) is 13.4. The van der Waals surface area contributed by atoms with Gasteiger partial charge in [-0.1, -0.05) is 12.1 Å². The molecule has 0 saturated carbocycles. The minimum atomic E-state index is 0. The van der Waals surface area contributed by atoms with Crippen LogP contribution in [0.4, 0.5) is 5.69 Å². The second-order valence-corrected chi connectivity index (χ2v) is 7.32. The van der Waals surface area contributed by atoms with Crippen LogP contribution in [0.25, 0.3) is 0 Å². The highest BCUT2D eigenvalue weighted by molar-refractivity contribution is 7.99. The first-order chi connectivity index (χ1) is 10.8. The van der Waals surface area contributed by atoms with Gasteiger partial charge in [-0.2, -0.15) is 0 Å². The van der Waals surface area contributed by atoms with Crippen LogP contribution in [0, 0.1) is 5.92 Å². The number of piperidine rings is 1. The van der Waals surface area contributed by atoms with Crippen molar-refractivity contribution in [2.45, 2.75) is 24.2 Å². The number of thioether (sulfide) groups is 1. The van der Waals surface area contributed by atoms with Crippen LogP contribution >= 0.6 is 24.2 Å². The summed E-state index contributed by atoms with van der Waals surface area (Å²) in [4.78, 5) is 18.3. The Balaban J connectivity index is 0.00000192. The van der Waals surface area contributed by atoms with E-state index in [0.717, 1.165) is 44.0 Å². The maximum atomic E-state index is 12.7. The molecule has 23 heavy (non-hydrogen) atoms. The summed E-state index contributed by atoms with van der Waals surface area (Å²) < 4.78 is 0. The van der Waals surface area contributed by atoms with E-state index in [1.165, 1.54) is 17.7 Å². The molecule has 3 rings (SSSR count). The first-order valence-electron chi connectivity index (χ1n) is 8.22. The number of nitrogens with zero attached hydrogens (tertiary/aromatic N) is 2. The van der Waals surface area contributed by atoms with Gasteiger partial charge in [0.25, 0.3) is 0 Å². The summed E-state index contributed by atoms with van der Waals surface area (Å²) in [6.07, 6.45) is 3.52. The quantitative estimate of drug-likeness (QED) is 0.902. The van der Waals surface area contributed by atoms with Gasteiger partial charge in [0.05, 0.1) is 12.2 Å². The molecule has 0 radical (unpaired) electrons. The number of para-hydroxylation sites is 1. The van der Waals surface area contributed by atoms with Crippen molar-refractivity contribution in [3.8, 4) is 0 Å². The molecule has 1 fully saturated rings. The highest BCUT2D eigenvalue weighted by atomic mass is 35.5. The molecule has 1 atom stereocenters. The molecule has 2 N–H and O–H groups in total. The van der Waals surface area contributed by atoms with E-state index in [2.05, 4.69) is 17.0 Å². The summed E-state index contributed by atoms with van der Waals surface area (Å²) in [6.45, 7) is 4.17. The smallest absolute Gasteiger partial charge is 0.241 e. The molecule has 0 aliphatic carbocycles. The number of benzene rings is 1. The van der Waals surface area contributed by atoms with Crippen LogP contribution < -0.4 is 10.6 Å². The predicted octanol–water partition coefficient (Wildman–Crippen LogP) is 2.61. The predicted molar refractivity (Wildman–Crippen MR) is 99.6 cm³/mol. The lowest BCUT2D eigenvalue weighted by Gasteiger charge is -2.35. The van der Waals surface area contributed by atoms with Gasteiger partial charge in [-0.15, -0.1) is 24.2 Å². The van der Waals surface area contributed by atoms with Gasteiger partial charge in [0.15, 0.2) is 0 Å². The van der Waals surface area contributed by atoms with Crippen molar-refractivity contribution < 1.29 is 4.79 Å². The summed E-state index contributed by atoms with van der Waals surface area (Å²) in [6, 6.07) is 8.23. The van der Waals surface area contributed by atoms with Crippen molar-refractivity contribution in [2.75, 3.05) is 43.4 Å². The van der Waals surface area contributed by atoms with Crippen molar-refractivity contribution in [3.63, 3.8) is 0 Å². The minimum absolute atomic E-state index is 0. The van der Waals surface area contributed by atoms with Crippen LogP contribution in [0.15, 0.2) is 29.2 Å². The number of nitrogens with two attached hydrogens (primary N) is 1. The van der Waals surface area contributed by atoms with Gasteiger partial charge in [-0.05, 0) is 50.4 Å². The molecule has 1 aromatic rings. The molecule has 4 nitrogen and oxygen atoms in total. The topological polar surface area (TPSA) is 49.6 Å². The van der Waals surface area contributed by atoms with Crippen molar-refractivity contribution in [1.82, 2.24) is 4.90 Å². The summed E-state index contributed by atoms with van der Waals surface area (Å²) in [5.41, 5.74) is 6.76. The molecule has 1 amide bonds. The highest BCUT2D eigenvalue weighted by Crippen LogP contribution is 2.34. The van der Waals surface area contributed by atoms with Crippen LogP contribution in [0.2, 0.25) is 0 Å². The normalized spacial score (nSPS) is 21.4. The second-order valence-electron chi connectivity index (χ2n) is 6.18. The lowest BCUT2D eigenvalue weighted by atomic mass is 9.95. The van der Waals surface area contributed by atoms with Gasteiger partial charge in [-0.3, -0.25) is 9.69 Å². The van der Waals surface area contributed by atoms with E-state index < -0.39 is 0 Å². The first kappa shape index (κ1) is 18.6. The molecule has 128 valence electrons. The summed E-state index contributed by atoms with van der Waals surface area (Å²) >= 11 is 1.84. The fourth-order valence-corrected chi connectivity index (χ4v) is 4.47. The molecular weight excluding hydrogens is 330 g/mol. The number of likely N-dealkylation sites (tertiary alicyclic amines) is 1. The SMILES string of the molecule is Cl.NCCC1CCCN(CC(=O)N2CCSc3ccccc32)C1. The Morgan fingerprint density at radius 1 is 1.30 bits per heavy atom.